The molecule has 0 atom stereocenters. The summed E-state index contributed by atoms with van der Waals surface area (Å²) >= 11 is 0. The van der Waals surface area contributed by atoms with Gasteiger partial charge in [0, 0.05) is 12.1 Å². The smallest absolute Gasteiger partial charge is 0.258 e. The molecular formula is C10H6N2O4. The van der Waals surface area contributed by atoms with Gasteiger partial charge in [0.05, 0.1) is 28.8 Å². The first kappa shape index (κ1) is 5.02. The number of hydrogen-bond donors (Lipinski definition) is 0. The van der Waals surface area contributed by atoms with Crippen LogP contribution in [0.4, 0.5) is 11.4 Å². The second-order valence-corrected chi connectivity index (χ2v) is 2.71. The van der Waals surface area contributed by atoms with Crippen LogP contribution in [0.1, 0.15) is 8.22 Å². The number of rotatable bonds is 2. The zero-order valence-electron chi connectivity index (χ0n) is 13.5. The lowest BCUT2D eigenvalue weighted by Gasteiger charge is -1.99. The molecule has 0 N–H and O–H groups in total. The molecule has 0 aliphatic heterocycles. The van der Waals surface area contributed by atoms with E-state index in [1.54, 1.807) is 0 Å². The fourth-order valence-corrected chi connectivity index (χ4v) is 1.18. The van der Waals surface area contributed by atoms with E-state index in [-0.39, 0.29) is 0 Å². The largest absolute Gasteiger partial charge is 0.277 e. The standard InChI is InChI=1S/C10H6N2O4/c13-11(14)9-5-1-3-7-8(9)4-2-6-10(7)12(15)16/h1-6H/i1D,2D,3D,4D,5D,6D. The molecule has 2 rings (SSSR count). The van der Waals surface area contributed by atoms with Gasteiger partial charge < -0.3 is 0 Å². The van der Waals surface area contributed by atoms with Gasteiger partial charge in [0.15, 0.2) is 0 Å². The highest BCUT2D eigenvalue weighted by atomic mass is 16.6. The zero-order chi connectivity index (χ0) is 16.9. The van der Waals surface area contributed by atoms with Gasteiger partial charge in [0.1, 0.15) is 0 Å². The zero-order valence-corrected chi connectivity index (χ0v) is 7.53. The van der Waals surface area contributed by atoms with Gasteiger partial charge in [-0.25, -0.2) is 0 Å². The molecule has 2 aromatic rings. The van der Waals surface area contributed by atoms with Crippen molar-refractivity contribution in [1.82, 2.24) is 0 Å². The minimum Gasteiger partial charge on any atom is -0.258 e. The minimum absolute atomic E-state index is 0.747. The Morgan fingerprint density at radius 2 is 1.25 bits per heavy atom. The van der Waals surface area contributed by atoms with Crippen molar-refractivity contribution >= 4 is 22.1 Å². The molecule has 6 nitrogen and oxygen atoms in total. The van der Waals surface area contributed by atoms with Crippen molar-refractivity contribution < 1.29 is 18.1 Å². The summed E-state index contributed by atoms with van der Waals surface area (Å²) in [5.74, 6) is 0. The summed E-state index contributed by atoms with van der Waals surface area (Å²) in [6.45, 7) is 0. The second kappa shape index (κ2) is 3.58. The summed E-state index contributed by atoms with van der Waals surface area (Å²) in [6, 6.07) is -5.50. The molecule has 16 heavy (non-hydrogen) atoms. The first-order valence-corrected chi connectivity index (χ1v) is 3.93. The molecule has 6 heteroatoms. The molecule has 80 valence electrons. The molecule has 0 amide bonds. The topological polar surface area (TPSA) is 86.3 Å². The molecule has 0 fully saturated rings. The van der Waals surface area contributed by atoms with Crippen molar-refractivity contribution in [2.75, 3.05) is 0 Å². The Morgan fingerprint density at radius 3 is 1.56 bits per heavy atom. The lowest BCUT2D eigenvalue weighted by molar-refractivity contribution is -0.384. The molecule has 0 unspecified atom stereocenters. The summed E-state index contributed by atoms with van der Waals surface area (Å²) in [5.41, 5.74) is -2.12. The van der Waals surface area contributed by atoms with Crippen molar-refractivity contribution in [3.63, 3.8) is 0 Å². The second-order valence-electron chi connectivity index (χ2n) is 2.71. The SMILES string of the molecule is [2H]c1c([2H])c([N+](=O)[O-])c2c([2H])c([2H])c([2H])c([N+](=O)[O-])c2c1[2H]. The van der Waals surface area contributed by atoms with Gasteiger partial charge in [-0.15, -0.1) is 0 Å². The van der Waals surface area contributed by atoms with Gasteiger partial charge in [-0.05, 0) is 12.1 Å². The molecule has 0 saturated heterocycles. The van der Waals surface area contributed by atoms with E-state index in [0.717, 1.165) is 0 Å². The average Bonchev–Trinajstić information content (AvgIpc) is 2.43. The third-order valence-corrected chi connectivity index (χ3v) is 1.83. The predicted octanol–water partition coefficient (Wildman–Crippen LogP) is 2.66. The van der Waals surface area contributed by atoms with E-state index in [9.17, 15) is 20.2 Å². The van der Waals surface area contributed by atoms with Gasteiger partial charge in [0.25, 0.3) is 11.4 Å². The van der Waals surface area contributed by atoms with Gasteiger partial charge in [-0.3, -0.25) is 20.2 Å². The molecule has 0 aliphatic carbocycles. The Hall–Kier alpha value is -2.50. The molecule has 0 aromatic heterocycles. The van der Waals surface area contributed by atoms with Crippen LogP contribution in [0.5, 0.6) is 0 Å². The Bertz CT molecular complexity index is 798. The van der Waals surface area contributed by atoms with E-state index in [0.29, 0.717) is 0 Å². The number of fused-ring (bicyclic) bond motifs is 1. The highest BCUT2D eigenvalue weighted by Gasteiger charge is 2.17. The third kappa shape index (κ3) is 1.46. The summed E-state index contributed by atoms with van der Waals surface area (Å²) < 4.78 is 45.5. The summed E-state index contributed by atoms with van der Waals surface area (Å²) in [4.78, 5) is 20.0. The quantitative estimate of drug-likeness (QED) is 0.579. The maximum absolute atomic E-state index is 11.1. The number of nitro benzene ring substituents is 2. The maximum atomic E-state index is 11.1. The fourth-order valence-electron chi connectivity index (χ4n) is 1.18. The Balaban J connectivity index is 3.33. The van der Waals surface area contributed by atoms with E-state index in [2.05, 4.69) is 0 Å². The van der Waals surface area contributed by atoms with Crippen LogP contribution in [0.2, 0.25) is 0 Å². The van der Waals surface area contributed by atoms with E-state index in [1.807, 2.05) is 0 Å². The van der Waals surface area contributed by atoms with Gasteiger partial charge in [-0.2, -0.15) is 0 Å². The van der Waals surface area contributed by atoms with E-state index >= 15 is 0 Å². The van der Waals surface area contributed by atoms with Crippen molar-refractivity contribution in [3.8, 4) is 0 Å². The number of hydrogen-bond acceptors (Lipinski definition) is 4. The van der Waals surface area contributed by atoms with Crippen molar-refractivity contribution in [3.05, 3.63) is 56.5 Å². The molecular weight excluding hydrogens is 212 g/mol. The van der Waals surface area contributed by atoms with Crippen LogP contribution < -0.4 is 0 Å². The Kier molecular flexibility index (Phi) is 1.12. The molecule has 0 spiro atoms. The van der Waals surface area contributed by atoms with Crippen LogP contribution in [0.15, 0.2) is 36.3 Å². The van der Waals surface area contributed by atoms with Gasteiger partial charge >= 0.3 is 0 Å². The lowest BCUT2D eigenvalue weighted by Crippen LogP contribution is -1.92. The summed E-state index contributed by atoms with van der Waals surface area (Å²) in [5, 5.41) is 20.7. The highest BCUT2D eigenvalue weighted by Crippen LogP contribution is 2.31. The first-order valence-electron chi connectivity index (χ1n) is 6.93. The predicted molar refractivity (Wildman–Crippen MR) is 57.3 cm³/mol. The number of nitrogens with zero attached hydrogens (tertiary/aromatic N) is 2. The van der Waals surface area contributed by atoms with Crippen molar-refractivity contribution in [2.24, 2.45) is 0 Å². The summed E-state index contributed by atoms with van der Waals surface area (Å²) in [7, 11) is 0. The molecule has 0 saturated carbocycles. The average molecular weight is 224 g/mol. The molecule has 0 heterocycles. The Morgan fingerprint density at radius 1 is 0.875 bits per heavy atom. The van der Waals surface area contributed by atoms with E-state index in [4.69, 9.17) is 8.22 Å². The lowest BCUT2D eigenvalue weighted by atomic mass is 10.1. The number of nitro groups is 2. The maximum Gasteiger partial charge on any atom is 0.277 e. The van der Waals surface area contributed by atoms with Crippen LogP contribution in [0, 0.1) is 20.2 Å². The van der Waals surface area contributed by atoms with Crippen LogP contribution in [-0.2, 0) is 0 Å². The first-order chi connectivity index (χ1) is 10.1. The molecule has 0 aliphatic rings. The van der Waals surface area contributed by atoms with Gasteiger partial charge in [-0.1, -0.05) is 12.1 Å². The van der Waals surface area contributed by atoms with Crippen LogP contribution >= 0.6 is 0 Å². The van der Waals surface area contributed by atoms with Crippen molar-refractivity contribution in [1.29, 1.82) is 0 Å². The molecule has 0 bridgehead atoms. The summed E-state index contributed by atoms with van der Waals surface area (Å²) in [6.07, 6.45) is 0. The molecule has 2 aromatic carbocycles. The monoisotopic (exact) mass is 224 g/mol. The van der Waals surface area contributed by atoms with E-state index in [1.165, 1.54) is 0 Å². The normalized spacial score (nSPS) is 15.5. The number of benzene rings is 2. The highest BCUT2D eigenvalue weighted by molar-refractivity contribution is 5.96. The fraction of sp³-hybridized carbons (Fsp3) is 0. The van der Waals surface area contributed by atoms with Crippen LogP contribution in [-0.4, -0.2) is 9.85 Å². The minimum atomic E-state index is -1.09. The molecule has 0 radical (unpaired) electrons. The Labute approximate surface area is 97.8 Å². The van der Waals surface area contributed by atoms with Gasteiger partial charge in [0.2, 0.25) is 0 Å². The third-order valence-electron chi connectivity index (χ3n) is 1.83. The van der Waals surface area contributed by atoms with Crippen molar-refractivity contribution in [2.45, 2.75) is 0 Å². The van der Waals surface area contributed by atoms with Crippen LogP contribution in [0.3, 0.4) is 0 Å². The van der Waals surface area contributed by atoms with E-state index < -0.39 is 68.2 Å². The van der Waals surface area contributed by atoms with Crippen LogP contribution in [0.25, 0.3) is 10.8 Å².